The number of alkyl halides is 3. The highest BCUT2D eigenvalue weighted by atomic mass is 19.4. The molecule has 9 heteroatoms. The van der Waals surface area contributed by atoms with Crippen molar-refractivity contribution in [2.24, 2.45) is 11.3 Å². The second-order valence-electron chi connectivity index (χ2n) is 15.9. The molecular weight excluding hydrogens is 622 g/mol. The van der Waals surface area contributed by atoms with E-state index in [0.717, 1.165) is 29.7 Å². The number of rotatable bonds is 11. The highest BCUT2D eigenvalue weighted by Gasteiger charge is 2.48. The lowest BCUT2D eigenvalue weighted by atomic mass is 9.67. The maximum absolute atomic E-state index is 15.6. The first kappa shape index (κ1) is 37.9. The summed E-state index contributed by atoms with van der Waals surface area (Å²) in [6, 6.07) is 12.9. The first-order valence-corrected chi connectivity index (χ1v) is 17.0. The van der Waals surface area contributed by atoms with Gasteiger partial charge in [-0.3, -0.25) is 9.69 Å². The lowest BCUT2D eigenvalue weighted by Crippen LogP contribution is -2.47. The number of nitrogens with zero attached hydrogens (tertiary/aromatic N) is 1. The number of esters is 1. The summed E-state index contributed by atoms with van der Waals surface area (Å²) >= 11 is 0. The van der Waals surface area contributed by atoms with Crippen molar-refractivity contribution in [3.63, 3.8) is 0 Å². The van der Waals surface area contributed by atoms with E-state index in [9.17, 15) is 18.0 Å². The van der Waals surface area contributed by atoms with E-state index in [-0.39, 0.29) is 30.4 Å². The molecule has 2 aromatic rings. The maximum Gasteiger partial charge on any atom is 0.395 e. The summed E-state index contributed by atoms with van der Waals surface area (Å²) in [5.41, 5.74) is -0.218. The quantitative estimate of drug-likeness (QED) is 0.175. The van der Waals surface area contributed by atoms with Crippen molar-refractivity contribution in [1.29, 1.82) is 0 Å². The Hall–Kier alpha value is -2.91. The van der Waals surface area contributed by atoms with Crippen molar-refractivity contribution in [1.82, 2.24) is 4.90 Å². The van der Waals surface area contributed by atoms with Crippen molar-refractivity contribution >= 4 is 11.5 Å². The van der Waals surface area contributed by atoms with E-state index in [2.05, 4.69) is 13.8 Å². The Morgan fingerprint density at radius 3 is 2.27 bits per heavy atom. The van der Waals surface area contributed by atoms with E-state index in [0.29, 0.717) is 50.0 Å². The van der Waals surface area contributed by atoms with E-state index in [1.165, 1.54) is 19.9 Å². The normalized spacial score (nSPS) is 21.9. The van der Waals surface area contributed by atoms with Gasteiger partial charge in [0, 0.05) is 30.7 Å². The Labute approximate surface area is 284 Å². The number of hydrogen-bond donors (Lipinski definition) is 0. The van der Waals surface area contributed by atoms with Gasteiger partial charge in [0.1, 0.15) is 17.2 Å². The monoisotopic (exact) mass is 675 g/mol. The third kappa shape index (κ3) is 9.62. The van der Waals surface area contributed by atoms with Crippen LogP contribution in [0.4, 0.5) is 17.6 Å². The van der Waals surface area contributed by atoms with Crippen molar-refractivity contribution < 1.29 is 36.6 Å². The van der Waals surface area contributed by atoms with E-state index in [1.807, 2.05) is 62.1 Å². The second kappa shape index (κ2) is 14.5. The number of benzene rings is 2. The van der Waals surface area contributed by atoms with E-state index in [4.69, 9.17) is 14.2 Å². The number of ether oxygens (including phenoxy) is 3. The molecule has 0 aromatic heterocycles. The summed E-state index contributed by atoms with van der Waals surface area (Å²) in [5, 5.41) is 0. The van der Waals surface area contributed by atoms with Gasteiger partial charge in [-0.1, -0.05) is 30.3 Å². The average Bonchev–Trinajstić information content (AvgIpc) is 2.98. The molecule has 5 nitrogen and oxygen atoms in total. The Bertz CT molecular complexity index is 1440. The van der Waals surface area contributed by atoms with Crippen LogP contribution in [0.1, 0.15) is 104 Å². The van der Waals surface area contributed by atoms with Gasteiger partial charge < -0.3 is 14.2 Å². The van der Waals surface area contributed by atoms with E-state index >= 15 is 4.39 Å². The van der Waals surface area contributed by atoms with Crippen LogP contribution in [0.2, 0.25) is 0 Å². The molecule has 0 amide bonds. The molecule has 266 valence electrons. The molecule has 2 atom stereocenters. The van der Waals surface area contributed by atoms with Gasteiger partial charge in [0.15, 0.2) is 0 Å². The molecule has 0 radical (unpaired) electrons. The van der Waals surface area contributed by atoms with Gasteiger partial charge in [0.25, 0.3) is 0 Å². The van der Waals surface area contributed by atoms with Gasteiger partial charge >= 0.3 is 12.1 Å². The van der Waals surface area contributed by atoms with Gasteiger partial charge in [-0.2, -0.15) is 13.2 Å². The second-order valence-corrected chi connectivity index (χ2v) is 15.9. The van der Waals surface area contributed by atoms with Gasteiger partial charge in [-0.05, 0) is 128 Å². The highest BCUT2D eigenvalue weighted by Crippen LogP contribution is 2.45. The Morgan fingerprint density at radius 1 is 1.04 bits per heavy atom. The van der Waals surface area contributed by atoms with Crippen LogP contribution >= 0.6 is 0 Å². The maximum atomic E-state index is 15.6. The third-order valence-corrected chi connectivity index (χ3v) is 9.77. The first-order valence-electron chi connectivity index (χ1n) is 17.0. The molecular formula is C39H53F4NO4. The van der Waals surface area contributed by atoms with Crippen molar-refractivity contribution in [3.05, 3.63) is 71.0 Å². The fraction of sp³-hybridized carbons (Fsp3) is 0.615. The smallest absolute Gasteiger partial charge is 0.395 e. The van der Waals surface area contributed by atoms with Crippen LogP contribution in [0.25, 0.3) is 5.57 Å². The van der Waals surface area contributed by atoms with Gasteiger partial charge in [0.2, 0.25) is 0 Å². The Balaban J connectivity index is 1.56. The zero-order valence-corrected chi connectivity index (χ0v) is 29.9. The molecule has 1 aliphatic carbocycles. The van der Waals surface area contributed by atoms with Gasteiger partial charge in [0.05, 0.1) is 24.0 Å². The van der Waals surface area contributed by atoms with Crippen molar-refractivity contribution in [2.45, 2.75) is 116 Å². The predicted molar refractivity (Wildman–Crippen MR) is 181 cm³/mol. The third-order valence-electron chi connectivity index (χ3n) is 9.77. The van der Waals surface area contributed by atoms with Crippen molar-refractivity contribution in [3.8, 4) is 5.75 Å². The summed E-state index contributed by atoms with van der Waals surface area (Å²) in [4.78, 5) is 14.4. The fourth-order valence-corrected chi connectivity index (χ4v) is 7.11. The summed E-state index contributed by atoms with van der Waals surface area (Å²) in [7, 11) is 1.62. The standard InChI is InChI=1S/C39H53F4NO4/c1-35(2,3)48-34(45)29-12-10-28(11-13-29)32-18-9-27(23-33(32)40)24-44(26-36(4,5)39(41,42)43)21-19-38(20-22-47-37(6,7)25-38)30-14-16-31(46-8)17-15-30/h9-10,14-18,23,29H,11-13,19-22,24-26H2,1-8H3/t29-,38+/m0/s1. The lowest BCUT2D eigenvalue weighted by molar-refractivity contribution is -0.217. The van der Waals surface area contributed by atoms with Crippen LogP contribution in [0.15, 0.2) is 48.5 Å². The molecule has 4 rings (SSSR count). The zero-order chi connectivity index (χ0) is 35.5. The molecule has 48 heavy (non-hydrogen) atoms. The Kier molecular flexibility index (Phi) is 11.5. The number of methoxy groups -OCH3 is 1. The van der Waals surface area contributed by atoms with Crippen LogP contribution in [0.3, 0.4) is 0 Å². The van der Waals surface area contributed by atoms with Gasteiger partial charge in [-0.15, -0.1) is 0 Å². The first-order chi connectivity index (χ1) is 22.2. The highest BCUT2D eigenvalue weighted by molar-refractivity contribution is 5.76. The molecule has 0 saturated carbocycles. The minimum atomic E-state index is -4.40. The van der Waals surface area contributed by atoms with E-state index < -0.39 is 28.6 Å². The molecule has 0 N–H and O–H groups in total. The van der Waals surface area contributed by atoms with Gasteiger partial charge in [-0.25, -0.2) is 4.39 Å². The van der Waals surface area contributed by atoms with E-state index in [1.54, 1.807) is 13.2 Å². The van der Waals surface area contributed by atoms with Crippen LogP contribution in [-0.2, 0) is 26.2 Å². The summed E-state index contributed by atoms with van der Waals surface area (Å²) < 4.78 is 75.1. The molecule has 1 saturated heterocycles. The number of carbonyl (C=O) groups excluding carboxylic acids is 1. The largest absolute Gasteiger partial charge is 0.497 e. The fourth-order valence-electron chi connectivity index (χ4n) is 7.11. The topological polar surface area (TPSA) is 48.0 Å². The molecule has 1 fully saturated rings. The molecule has 1 heterocycles. The number of halogens is 4. The molecule has 2 aliphatic rings. The van der Waals surface area contributed by atoms with Crippen LogP contribution < -0.4 is 4.74 Å². The minimum absolute atomic E-state index is 0.176. The zero-order valence-electron chi connectivity index (χ0n) is 29.9. The SMILES string of the molecule is COc1ccc([C@]2(CCN(Cc3ccc(C4=CC[C@H](C(=O)OC(C)(C)C)CC4)c(F)c3)CC(C)(C)C(F)(F)F)CCOC(C)(C)C2)cc1. The number of carbonyl (C=O) groups is 1. The summed E-state index contributed by atoms with van der Waals surface area (Å²) in [6.07, 6.45) is 1.17. The average molecular weight is 676 g/mol. The number of hydrogen-bond acceptors (Lipinski definition) is 5. The molecule has 0 bridgehead atoms. The lowest BCUT2D eigenvalue weighted by Gasteiger charge is -2.46. The summed E-state index contributed by atoms with van der Waals surface area (Å²) in [6.45, 7) is 12.9. The summed E-state index contributed by atoms with van der Waals surface area (Å²) in [5.74, 6) is -0.173. The van der Waals surface area contributed by atoms with Crippen LogP contribution in [0, 0.1) is 17.2 Å². The van der Waals surface area contributed by atoms with Crippen molar-refractivity contribution in [2.75, 3.05) is 26.8 Å². The van der Waals surface area contributed by atoms with Crippen LogP contribution in [-0.4, -0.2) is 55.1 Å². The minimum Gasteiger partial charge on any atom is -0.497 e. The molecule has 1 aliphatic heterocycles. The van der Waals surface area contributed by atoms with Crippen LogP contribution in [0.5, 0.6) is 5.75 Å². The predicted octanol–water partition coefficient (Wildman–Crippen LogP) is 9.67. The number of allylic oxidation sites excluding steroid dienone is 2. The molecule has 2 aromatic carbocycles. The Morgan fingerprint density at radius 2 is 1.73 bits per heavy atom. The molecule has 0 unspecified atom stereocenters. The molecule has 0 spiro atoms.